The van der Waals surface area contributed by atoms with Crippen LogP contribution in [0, 0.1) is 0 Å². The van der Waals surface area contributed by atoms with Crippen molar-refractivity contribution in [3.63, 3.8) is 0 Å². The maximum atomic E-state index is 12.3. The summed E-state index contributed by atoms with van der Waals surface area (Å²) in [5, 5.41) is 0. The molecule has 0 amide bonds. The number of imidazole rings is 1. The minimum Gasteiger partial charge on any atom is -0.294 e. The van der Waals surface area contributed by atoms with Gasteiger partial charge in [0.2, 0.25) is 0 Å². The highest BCUT2D eigenvalue weighted by molar-refractivity contribution is 9.10. The zero-order valence-electron chi connectivity index (χ0n) is 10.4. The van der Waals surface area contributed by atoms with Gasteiger partial charge in [0.25, 0.3) is 0 Å². The third kappa shape index (κ3) is 1.95. The molecule has 0 aliphatic rings. The molecule has 0 saturated carbocycles. The van der Waals surface area contributed by atoms with Crippen molar-refractivity contribution in [3.8, 4) is 0 Å². The van der Waals surface area contributed by atoms with Crippen LogP contribution in [0.15, 0.2) is 27.5 Å². The van der Waals surface area contributed by atoms with Crippen LogP contribution in [0.4, 0.5) is 0 Å². The number of aromatic nitrogens is 2. The predicted octanol–water partition coefficient (Wildman–Crippen LogP) is 3.46. The summed E-state index contributed by atoms with van der Waals surface area (Å²) in [6.45, 7) is 4.24. The van der Waals surface area contributed by atoms with E-state index in [1.54, 1.807) is 4.57 Å². The van der Waals surface area contributed by atoms with Crippen LogP contribution in [-0.2, 0) is 7.05 Å². The number of nitrogens with zero attached hydrogens (tertiary/aromatic N) is 2. The molecule has 0 radical (unpaired) electrons. The Morgan fingerprint density at radius 3 is 2.76 bits per heavy atom. The number of aryl methyl sites for hydroxylation is 1. The number of hydrogen-bond acceptors (Lipinski definition) is 1. The zero-order valence-corrected chi connectivity index (χ0v) is 12.0. The Labute approximate surface area is 109 Å². The van der Waals surface area contributed by atoms with Gasteiger partial charge in [0, 0.05) is 17.6 Å². The Morgan fingerprint density at radius 1 is 1.41 bits per heavy atom. The fourth-order valence-corrected chi connectivity index (χ4v) is 2.99. The summed E-state index contributed by atoms with van der Waals surface area (Å²) in [7, 11) is 1.82. The summed E-state index contributed by atoms with van der Waals surface area (Å²) in [4.78, 5) is 12.3. The number of hydrogen-bond donors (Lipinski definition) is 0. The van der Waals surface area contributed by atoms with E-state index in [0.29, 0.717) is 0 Å². The number of benzene rings is 1. The van der Waals surface area contributed by atoms with E-state index in [2.05, 4.69) is 29.8 Å². The highest BCUT2D eigenvalue weighted by atomic mass is 79.9. The monoisotopic (exact) mass is 296 g/mol. The summed E-state index contributed by atoms with van der Waals surface area (Å²) < 4.78 is 4.58. The Bertz CT molecular complexity index is 597. The highest BCUT2D eigenvalue weighted by Crippen LogP contribution is 2.25. The first-order valence-corrected chi connectivity index (χ1v) is 6.72. The molecule has 0 saturated heterocycles. The van der Waals surface area contributed by atoms with E-state index in [9.17, 15) is 4.79 Å². The molecular weight excluding hydrogens is 280 g/mol. The van der Waals surface area contributed by atoms with Gasteiger partial charge in [-0.1, -0.05) is 19.4 Å². The first-order valence-electron chi connectivity index (χ1n) is 5.93. The lowest BCUT2D eigenvalue weighted by molar-refractivity contribution is 0.493. The summed E-state index contributed by atoms with van der Waals surface area (Å²) in [6.07, 6.45) is 2.10. The number of rotatable bonds is 3. The molecule has 92 valence electrons. The van der Waals surface area contributed by atoms with Crippen LogP contribution in [0.25, 0.3) is 11.0 Å². The van der Waals surface area contributed by atoms with Crippen molar-refractivity contribution in [1.82, 2.24) is 9.13 Å². The third-order valence-corrected chi connectivity index (χ3v) is 3.84. The van der Waals surface area contributed by atoms with Gasteiger partial charge in [-0.2, -0.15) is 0 Å². The quantitative estimate of drug-likeness (QED) is 0.852. The van der Waals surface area contributed by atoms with Gasteiger partial charge in [-0.25, -0.2) is 4.79 Å². The normalized spacial score (nSPS) is 13.2. The molecule has 2 rings (SSSR count). The van der Waals surface area contributed by atoms with Crippen LogP contribution >= 0.6 is 15.9 Å². The van der Waals surface area contributed by atoms with E-state index in [-0.39, 0.29) is 11.7 Å². The topological polar surface area (TPSA) is 26.9 Å². The smallest absolute Gasteiger partial charge is 0.294 e. The van der Waals surface area contributed by atoms with Gasteiger partial charge < -0.3 is 0 Å². The molecule has 0 bridgehead atoms. The van der Waals surface area contributed by atoms with Crippen LogP contribution in [0.3, 0.4) is 0 Å². The van der Waals surface area contributed by atoms with Crippen LogP contribution in [-0.4, -0.2) is 9.13 Å². The van der Waals surface area contributed by atoms with Crippen molar-refractivity contribution in [1.29, 1.82) is 0 Å². The van der Waals surface area contributed by atoms with Crippen molar-refractivity contribution in [2.75, 3.05) is 0 Å². The molecular formula is C13H17BrN2O. The predicted molar refractivity (Wildman–Crippen MR) is 74.5 cm³/mol. The molecule has 3 nitrogen and oxygen atoms in total. The number of halogens is 1. The van der Waals surface area contributed by atoms with E-state index in [1.807, 2.05) is 29.8 Å². The summed E-state index contributed by atoms with van der Waals surface area (Å²) >= 11 is 3.51. The Balaban J connectivity index is 2.76. The molecule has 0 N–H and O–H groups in total. The van der Waals surface area contributed by atoms with Gasteiger partial charge >= 0.3 is 5.69 Å². The van der Waals surface area contributed by atoms with Crippen molar-refractivity contribution in [2.24, 2.45) is 7.05 Å². The van der Waals surface area contributed by atoms with Crippen molar-refractivity contribution >= 4 is 27.0 Å². The third-order valence-electron chi connectivity index (χ3n) is 3.20. The average Bonchev–Trinajstić information content (AvgIpc) is 2.53. The van der Waals surface area contributed by atoms with E-state index in [1.165, 1.54) is 0 Å². The van der Waals surface area contributed by atoms with Crippen LogP contribution in [0.2, 0.25) is 0 Å². The maximum Gasteiger partial charge on any atom is 0.329 e. The van der Waals surface area contributed by atoms with E-state index in [0.717, 1.165) is 28.3 Å². The molecule has 1 unspecified atom stereocenters. The molecule has 0 spiro atoms. The fraction of sp³-hybridized carbons (Fsp3) is 0.462. The molecule has 0 aliphatic carbocycles. The molecule has 17 heavy (non-hydrogen) atoms. The van der Waals surface area contributed by atoms with Gasteiger partial charge in [0.15, 0.2) is 0 Å². The first-order chi connectivity index (χ1) is 8.07. The number of fused-ring (bicyclic) bond motifs is 1. The van der Waals surface area contributed by atoms with Gasteiger partial charge in [-0.15, -0.1) is 0 Å². The first kappa shape index (κ1) is 12.4. The molecule has 4 heteroatoms. The second kappa shape index (κ2) is 4.69. The maximum absolute atomic E-state index is 12.3. The lowest BCUT2D eigenvalue weighted by Crippen LogP contribution is -2.24. The van der Waals surface area contributed by atoms with Gasteiger partial charge in [0.05, 0.1) is 11.0 Å². The standard InChI is InChI=1S/C13H17BrN2O/c1-4-6-9(2)16-11-8-5-7-10(14)12(11)15(3)13(16)17/h5,7-9H,4,6H2,1-3H3. The summed E-state index contributed by atoms with van der Waals surface area (Å²) in [5.74, 6) is 0. The second-order valence-electron chi connectivity index (χ2n) is 4.46. The lowest BCUT2D eigenvalue weighted by Gasteiger charge is -2.12. The van der Waals surface area contributed by atoms with Gasteiger partial charge in [-0.05, 0) is 41.4 Å². The van der Waals surface area contributed by atoms with E-state index >= 15 is 0 Å². The van der Waals surface area contributed by atoms with E-state index in [4.69, 9.17) is 0 Å². The fourth-order valence-electron chi connectivity index (χ4n) is 2.36. The molecule has 0 fully saturated rings. The Kier molecular flexibility index (Phi) is 3.43. The lowest BCUT2D eigenvalue weighted by atomic mass is 10.2. The molecule has 0 aliphatic heterocycles. The Morgan fingerprint density at radius 2 is 2.12 bits per heavy atom. The van der Waals surface area contributed by atoms with Crippen LogP contribution in [0.1, 0.15) is 32.7 Å². The second-order valence-corrected chi connectivity index (χ2v) is 5.31. The van der Waals surface area contributed by atoms with Crippen LogP contribution < -0.4 is 5.69 Å². The summed E-state index contributed by atoms with van der Waals surface area (Å²) in [6, 6.07) is 6.19. The van der Waals surface area contributed by atoms with Crippen molar-refractivity contribution < 1.29 is 0 Å². The van der Waals surface area contributed by atoms with Crippen molar-refractivity contribution in [3.05, 3.63) is 33.2 Å². The minimum absolute atomic E-state index is 0.0628. The Hall–Kier alpha value is -1.03. The average molecular weight is 297 g/mol. The largest absolute Gasteiger partial charge is 0.329 e. The molecule has 1 heterocycles. The van der Waals surface area contributed by atoms with Crippen molar-refractivity contribution in [2.45, 2.75) is 32.7 Å². The minimum atomic E-state index is 0.0628. The van der Waals surface area contributed by atoms with Crippen LogP contribution in [0.5, 0.6) is 0 Å². The highest BCUT2D eigenvalue weighted by Gasteiger charge is 2.16. The van der Waals surface area contributed by atoms with Gasteiger partial charge in [0.1, 0.15) is 0 Å². The molecule has 1 aromatic heterocycles. The summed E-state index contributed by atoms with van der Waals surface area (Å²) in [5.41, 5.74) is 2.04. The van der Waals surface area contributed by atoms with E-state index < -0.39 is 0 Å². The van der Waals surface area contributed by atoms with Gasteiger partial charge in [-0.3, -0.25) is 9.13 Å². The molecule has 2 aromatic rings. The zero-order chi connectivity index (χ0) is 12.6. The SMILES string of the molecule is CCCC(C)n1c(=O)n(C)c2c(Br)cccc21. The number of para-hydroxylation sites is 1. The molecule has 1 aromatic carbocycles. The molecule has 1 atom stereocenters.